The number of benzene rings is 1. The molecular weight excluding hydrogens is 405 g/mol. The number of hydrogen-bond donors (Lipinski definition) is 2. The van der Waals surface area contributed by atoms with E-state index in [0.29, 0.717) is 34.9 Å². The highest BCUT2D eigenvalue weighted by Crippen LogP contribution is 2.30. The third-order valence-corrected chi connectivity index (χ3v) is 6.50. The van der Waals surface area contributed by atoms with Crippen LogP contribution in [0.3, 0.4) is 0 Å². The van der Waals surface area contributed by atoms with Gasteiger partial charge in [0.2, 0.25) is 0 Å². The first-order chi connectivity index (χ1) is 15.5. The first-order valence-electron chi connectivity index (χ1n) is 10.9. The number of pyridine rings is 2. The van der Waals surface area contributed by atoms with Crippen LogP contribution >= 0.6 is 0 Å². The van der Waals surface area contributed by atoms with Crippen LogP contribution in [0.1, 0.15) is 18.7 Å². The standard InChI is InChI=1S/C24H24FN7/c1-14-28-21-6-5-20(15-8-9-27-23(26)10-15)30-24(21)32(14)18-4-7-22(19(25)11-18)31-12-16-2-3-17(13-31)29-16/h4-11,16-17,29H,2-3,12-13H2,1H3,(H2,26,27)/t16-,17+. The fraction of sp³-hybridized carbons (Fsp3) is 0.292. The van der Waals surface area contributed by atoms with Crippen LogP contribution in [0.15, 0.2) is 48.7 Å². The summed E-state index contributed by atoms with van der Waals surface area (Å²) >= 11 is 0. The number of piperazine rings is 1. The second-order valence-electron chi connectivity index (χ2n) is 8.68. The van der Waals surface area contributed by atoms with Crippen molar-refractivity contribution in [2.45, 2.75) is 31.8 Å². The van der Waals surface area contributed by atoms with Crippen molar-refractivity contribution in [1.82, 2.24) is 24.8 Å². The van der Waals surface area contributed by atoms with Gasteiger partial charge in [-0.2, -0.15) is 0 Å². The van der Waals surface area contributed by atoms with Gasteiger partial charge in [0.25, 0.3) is 0 Å². The van der Waals surface area contributed by atoms with Gasteiger partial charge in [-0.3, -0.25) is 4.57 Å². The zero-order valence-electron chi connectivity index (χ0n) is 17.8. The largest absolute Gasteiger partial charge is 0.384 e. The molecule has 0 saturated carbocycles. The molecule has 3 N–H and O–H groups in total. The SMILES string of the molecule is Cc1nc2ccc(-c3ccnc(N)c3)nc2n1-c1ccc(N2C[C@H]3CC[C@@H](C2)N3)c(F)c1. The van der Waals surface area contributed by atoms with E-state index in [4.69, 9.17) is 10.7 Å². The van der Waals surface area contributed by atoms with E-state index in [1.807, 2.05) is 41.8 Å². The van der Waals surface area contributed by atoms with Gasteiger partial charge in [-0.1, -0.05) is 0 Å². The third-order valence-electron chi connectivity index (χ3n) is 6.50. The second kappa shape index (κ2) is 7.27. The van der Waals surface area contributed by atoms with Gasteiger partial charge in [0, 0.05) is 43.0 Å². The Bertz CT molecular complexity index is 1320. The van der Waals surface area contributed by atoms with Crippen LogP contribution in [0.2, 0.25) is 0 Å². The third kappa shape index (κ3) is 3.18. The molecule has 0 radical (unpaired) electrons. The van der Waals surface area contributed by atoms with Gasteiger partial charge in [-0.05, 0) is 56.2 Å². The van der Waals surface area contributed by atoms with E-state index in [0.717, 1.165) is 48.5 Å². The Morgan fingerprint density at radius 3 is 2.59 bits per heavy atom. The normalized spacial score (nSPS) is 20.2. The van der Waals surface area contributed by atoms with Crippen LogP contribution in [0, 0.1) is 12.7 Å². The minimum absolute atomic E-state index is 0.219. The highest BCUT2D eigenvalue weighted by molar-refractivity contribution is 5.78. The van der Waals surface area contributed by atoms with Gasteiger partial charge in [-0.15, -0.1) is 0 Å². The number of nitrogens with zero attached hydrogens (tertiary/aromatic N) is 5. The summed E-state index contributed by atoms with van der Waals surface area (Å²) in [6.07, 6.45) is 3.99. The molecule has 2 aliphatic rings. The van der Waals surface area contributed by atoms with E-state index in [1.165, 1.54) is 0 Å². The molecule has 1 aromatic carbocycles. The molecular formula is C24H24FN7. The fourth-order valence-electron chi connectivity index (χ4n) is 5.03. The lowest BCUT2D eigenvalue weighted by molar-refractivity contribution is 0.460. The van der Waals surface area contributed by atoms with Crippen molar-refractivity contribution in [2.75, 3.05) is 23.7 Å². The maximum absolute atomic E-state index is 15.3. The Morgan fingerprint density at radius 1 is 1.03 bits per heavy atom. The van der Waals surface area contributed by atoms with Crippen LogP contribution < -0.4 is 16.0 Å². The van der Waals surface area contributed by atoms with E-state index in [-0.39, 0.29) is 5.82 Å². The predicted octanol–water partition coefficient (Wildman–Crippen LogP) is 3.45. The zero-order chi connectivity index (χ0) is 21.8. The molecule has 4 aromatic rings. The zero-order valence-corrected chi connectivity index (χ0v) is 17.8. The molecule has 0 amide bonds. The van der Waals surface area contributed by atoms with Crippen molar-refractivity contribution in [2.24, 2.45) is 0 Å². The number of hydrogen-bond acceptors (Lipinski definition) is 6. The van der Waals surface area contributed by atoms with Crippen molar-refractivity contribution < 1.29 is 4.39 Å². The predicted molar refractivity (Wildman–Crippen MR) is 123 cm³/mol. The minimum Gasteiger partial charge on any atom is -0.384 e. The highest BCUT2D eigenvalue weighted by Gasteiger charge is 2.33. The average Bonchev–Trinajstić information content (AvgIpc) is 3.30. The molecule has 0 spiro atoms. The topological polar surface area (TPSA) is 84.9 Å². The fourth-order valence-corrected chi connectivity index (χ4v) is 5.03. The lowest BCUT2D eigenvalue weighted by Crippen LogP contribution is -2.51. The maximum atomic E-state index is 15.3. The van der Waals surface area contributed by atoms with Gasteiger partial charge in [0.1, 0.15) is 23.0 Å². The minimum atomic E-state index is -0.219. The number of aryl methyl sites for hydroxylation is 1. The summed E-state index contributed by atoms with van der Waals surface area (Å²) in [5, 5.41) is 3.60. The van der Waals surface area contributed by atoms with Crippen molar-refractivity contribution in [1.29, 1.82) is 0 Å². The van der Waals surface area contributed by atoms with Crippen molar-refractivity contribution in [3.05, 3.63) is 60.3 Å². The maximum Gasteiger partial charge on any atom is 0.165 e. The highest BCUT2D eigenvalue weighted by atomic mass is 19.1. The summed E-state index contributed by atoms with van der Waals surface area (Å²) < 4.78 is 17.2. The van der Waals surface area contributed by atoms with E-state index < -0.39 is 0 Å². The number of nitrogen functional groups attached to an aromatic ring is 1. The molecule has 6 rings (SSSR count). The summed E-state index contributed by atoms with van der Waals surface area (Å²) in [6, 6.07) is 13.8. The van der Waals surface area contributed by atoms with Gasteiger partial charge >= 0.3 is 0 Å². The van der Waals surface area contributed by atoms with E-state index >= 15 is 4.39 Å². The molecule has 5 heterocycles. The Morgan fingerprint density at radius 2 is 1.84 bits per heavy atom. The first kappa shape index (κ1) is 19.2. The molecule has 8 heteroatoms. The van der Waals surface area contributed by atoms with Crippen LogP contribution in [-0.4, -0.2) is 44.7 Å². The number of nitrogens with two attached hydrogens (primary N) is 1. The molecule has 0 aliphatic carbocycles. The summed E-state index contributed by atoms with van der Waals surface area (Å²) in [6.45, 7) is 3.60. The van der Waals surface area contributed by atoms with Crippen LogP contribution in [0.4, 0.5) is 15.9 Å². The number of nitrogens with one attached hydrogen (secondary N) is 1. The Kier molecular flexibility index (Phi) is 4.36. The molecule has 32 heavy (non-hydrogen) atoms. The summed E-state index contributed by atoms with van der Waals surface area (Å²) in [5.74, 6) is 0.975. The Balaban J connectivity index is 1.40. The second-order valence-corrected chi connectivity index (χ2v) is 8.68. The number of imidazole rings is 1. The lowest BCUT2D eigenvalue weighted by atomic mass is 10.1. The van der Waals surface area contributed by atoms with Crippen molar-refractivity contribution in [3.8, 4) is 16.9 Å². The molecule has 2 saturated heterocycles. The number of aromatic nitrogens is 4. The summed E-state index contributed by atoms with van der Waals surface area (Å²) in [4.78, 5) is 15.7. The molecule has 2 fully saturated rings. The number of anilines is 2. The number of fused-ring (bicyclic) bond motifs is 3. The van der Waals surface area contributed by atoms with Crippen molar-refractivity contribution >= 4 is 22.7 Å². The van der Waals surface area contributed by atoms with Gasteiger partial charge in [0.15, 0.2) is 5.65 Å². The van der Waals surface area contributed by atoms with E-state index in [2.05, 4.69) is 20.2 Å². The first-order valence-corrected chi connectivity index (χ1v) is 10.9. The lowest BCUT2D eigenvalue weighted by Gasteiger charge is -2.34. The van der Waals surface area contributed by atoms with Gasteiger partial charge < -0.3 is 16.0 Å². The number of rotatable bonds is 3. The molecule has 2 bridgehead atoms. The summed E-state index contributed by atoms with van der Waals surface area (Å²) in [5.41, 5.74) is 10.3. The Labute approximate surface area is 185 Å². The summed E-state index contributed by atoms with van der Waals surface area (Å²) in [7, 11) is 0. The van der Waals surface area contributed by atoms with E-state index in [1.54, 1.807) is 18.3 Å². The molecule has 162 valence electrons. The monoisotopic (exact) mass is 429 g/mol. The quantitative estimate of drug-likeness (QED) is 0.519. The number of halogens is 1. The molecule has 2 atom stereocenters. The molecule has 3 aromatic heterocycles. The smallest absolute Gasteiger partial charge is 0.165 e. The van der Waals surface area contributed by atoms with Crippen LogP contribution in [-0.2, 0) is 0 Å². The van der Waals surface area contributed by atoms with Gasteiger partial charge in [-0.25, -0.2) is 19.3 Å². The molecule has 7 nitrogen and oxygen atoms in total. The van der Waals surface area contributed by atoms with Gasteiger partial charge in [0.05, 0.1) is 17.1 Å². The van der Waals surface area contributed by atoms with Crippen LogP contribution in [0.25, 0.3) is 28.1 Å². The average molecular weight is 430 g/mol. The molecule has 0 unspecified atom stereocenters. The Hall–Kier alpha value is -3.52. The van der Waals surface area contributed by atoms with Crippen molar-refractivity contribution in [3.63, 3.8) is 0 Å². The molecule has 2 aliphatic heterocycles. The van der Waals surface area contributed by atoms with Crippen LogP contribution in [0.5, 0.6) is 0 Å². The van der Waals surface area contributed by atoms with E-state index in [9.17, 15) is 0 Å².